The quantitative estimate of drug-likeness (QED) is 0.708. The average molecular weight is 197 g/mol. The van der Waals surface area contributed by atoms with Crippen LogP contribution < -0.4 is 5.32 Å². The van der Waals surface area contributed by atoms with Crippen LogP contribution in [0.3, 0.4) is 0 Å². The third-order valence-electron chi connectivity index (χ3n) is 1.78. The van der Waals surface area contributed by atoms with Gasteiger partial charge < -0.3 is 5.32 Å². The monoisotopic (exact) mass is 197 g/mol. The number of carbonyl (C=O) groups excluding carboxylic acids is 1. The molecular formula is C8H15N5O. The van der Waals surface area contributed by atoms with Gasteiger partial charge in [-0.15, -0.1) is 10.2 Å². The van der Waals surface area contributed by atoms with E-state index in [0.29, 0.717) is 24.7 Å². The van der Waals surface area contributed by atoms with Gasteiger partial charge in [0.15, 0.2) is 5.82 Å². The van der Waals surface area contributed by atoms with Gasteiger partial charge in [-0.05, 0) is 12.3 Å². The fraction of sp³-hybridized carbons (Fsp3) is 0.750. The van der Waals surface area contributed by atoms with Crippen molar-refractivity contribution in [2.75, 3.05) is 0 Å². The molecule has 0 aromatic carbocycles. The van der Waals surface area contributed by atoms with E-state index in [-0.39, 0.29) is 5.91 Å². The number of nitrogens with one attached hydrogen (secondary N) is 2. The molecule has 1 aromatic rings. The number of nitrogens with zero attached hydrogens (tertiary/aromatic N) is 3. The summed E-state index contributed by atoms with van der Waals surface area (Å²) in [5.74, 6) is 1.08. The number of aromatic nitrogens is 4. The lowest BCUT2D eigenvalue weighted by Crippen LogP contribution is -2.23. The normalized spacial score (nSPS) is 10.5. The number of amides is 1. The van der Waals surface area contributed by atoms with Crippen molar-refractivity contribution in [3.8, 4) is 0 Å². The van der Waals surface area contributed by atoms with Crippen LogP contribution in [-0.4, -0.2) is 26.5 Å². The van der Waals surface area contributed by atoms with Crippen molar-refractivity contribution in [3.63, 3.8) is 0 Å². The van der Waals surface area contributed by atoms with E-state index in [9.17, 15) is 4.79 Å². The molecule has 0 saturated heterocycles. The lowest BCUT2D eigenvalue weighted by atomic mass is 10.1. The zero-order valence-corrected chi connectivity index (χ0v) is 8.45. The summed E-state index contributed by atoms with van der Waals surface area (Å²) in [7, 11) is 0. The molecule has 6 heteroatoms. The summed E-state index contributed by atoms with van der Waals surface area (Å²) in [4.78, 5) is 11.2. The number of aromatic amines is 1. The first kappa shape index (κ1) is 10.6. The highest BCUT2D eigenvalue weighted by atomic mass is 16.1. The molecule has 1 aromatic heterocycles. The minimum absolute atomic E-state index is 0.0310. The van der Waals surface area contributed by atoms with Crippen molar-refractivity contribution >= 4 is 5.91 Å². The Morgan fingerprint density at radius 2 is 2.36 bits per heavy atom. The molecule has 0 unspecified atom stereocenters. The molecule has 0 fully saturated rings. The van der Waals surface area contributed by atoms with Crippen LogP contribution in [0.4, 0.5) is 0 Å². The van der Waals surface area contributed by atoms with Crippen LogP contribution in [-0.2, 0) is 11.3 Å². The van der Waals surface area contributed by atoms with Crippen molar-refractivity contribution in [1.29, 1.82) is 0 Å². The maximum atomic E-state index is 11.2. The first-order valence-corrected chi connectivity index (χ1v) is 4.67. The summed E-state index contributed by atoms with van der Waals surface area (Å²) in [5, 5.41) is 15.9. The maximum absolute atomic E-state index is 11.2. The van der Waals surface area contributed by atoms with Crippen molar-refractivity contribution in [2.24, 2.45) is 5.92 Å². The van der Waals surface area contributed by atoms with E-state index in [0.717, 1.165) is 6.42 Å². The minimum Gasteiger partial charge on any atom is -0.349 e. The van der Waals surface area contributed by atoms with Crippen molar-refractivity contribution < 1.29 is 4.79 Å². The Morgan fingerprint density at radius 3 is 2.93 bits per heavy atom. The van der Waals surface area contributed by atoms with Crippen LogP contribution in [0.2, 0.25) is 0 Å². The van der Waals surface area contributed by atoms with Crippen molar-refractivity contribution in [3.05, 3.63) is 5.82 Å². The summed E-state index contributed by atoms with van der Waals surface area (Å²) >= 11 is 0. The lowest BCUT2D eigenvalue weighted by molar-refractivity contribution is -0.121. The lowest BCUT2D eigenvalue weighted by Gasteiger charge is -2.04. The zero-order valence-electron chi connectivity index (χ0n) is 8.45. The highest BCUT2D eigenvalue weighted by Gasteiger charge is 2.04. The predicted molar refractivity (Wildman–Crippen MR) is 50.1 cm³/mol. The second-order valence-corrected chi connectivity index (χ2v) is 3.54. The number of hydrogen-bond acceptors (Lipinski definition) is 4. The zero-order chi connectivity index (χ0) is 10.4. The number of H-pyrrole nitrogens is 1. The summed E-state index contributed by atoms with van der Waals surface area (Å²) in [6, 6.07) is 0. The molecule has 2 N–H and O–H groups in total. The van der Waals surface area contributed by atoms with Crippen molar-refractivity contribution in [2.45, 2.75) is 33.2 Å². The second-order valence-electron chi connectivity index (χ2n) is 3.54. The number of tetrazole rings is 1. The van der Waals surface area contributed by atoms with E-state index in [1.807, 2.05) is 0 Å². The maximum Gasteiger partial charge on any atom is 0.220 e. The van der Waals surface area contributed by atoms with Gasteiger partial charge in [0.1, 0.15) is 0 Å². The van der Waals surface area contributed by atoms with Gasteiger partial charge in [0.2, 0.25) is 5.91 Å². The van der Waals surface area contributed by atoms with Crippen LogP contribution in [0.25, 0.3) is 0 Å². The summed E-state index contributed by atoms with van der Waals surface area (Å²) in [5.41, 5.74) is 0. The molecule has 0 aliphatic heterocycles. The highest BCUT2D eigenvalue weighted by molar-refractivity contribution is 5.75. The molecule has 0 aliphatic carbocycles. The van der Waals surface area contributed by atoms with E-state index in [4.69, 9.17) is 0 Å². The van der Waals surface area contributed by atoms with Crippen LogP contribution in [0.5, 0.6) is 0 Å². The largest absolute Gasteiger partial charge is 0.349 e. The summed E-state index contributed by atoms with van der Waals surface area (Å²) in [6.45, 7) is 4.52. The molecule has 0 radical (unpaired) electrons. The van der Waals surface area contributed by atoms with Gasteiger partial charge in [0.25, 0.3) is 0 Å². The molecule has 0 spiro atoms. The molecule has 1 heterocycles. The van der Waals surface area contributed by atoms with Gasteiger partial charge in [0, 0.05) is 6.42 Å². The fourth-order valence-electron chi connectivity index (χ4n) is 0.943. The molecule has 0 saturated carbocycles. The van der Waals surface area contributed by atoms with E-state index in [1.165, 1.54) is 0 Å². The van der Waals surface area contributed by atoms with Gasteiger partial charge >= 0.3 is 0 Å². The van der Waals surface area contributed by atoms with E-state index in [2.05, 4.69) is 39.8 Å². The van der Waals surface area contributed by atoms with Crippen LogP contribution in [0.1, 0.15) is 32.5 Å². The molecule has 14 heavy (non-hydrogen) atoms. The van der Waals surface area contributed by atoms with E-state index in [1.54, 1.807) is 0 Å². The Labute approximate surface area is 82.5 Å². The second kappa shape index (κ2) is 5.31. The third kappa shape index (κ3) is 3.97. The molecule has 1 rings (SSSR count). The van der Waals surface area contributed by atoms with Crippen LogP contribution >= 0.6 is 0 Å². The Balaban J connectivity index is 2.15. The minimum atomic E-state index is 0.0310. The Morgan fingerprint density at radius 1 is 1.57 bits per heavy atom. The summed E-state index contributed by atoms with van der Waals surface area (Å²) in [6.07, 6.45) is 1.45. The SMILES string of the molecule is CC(C)CCC(=O)NCc1nn[nH]n1. The molecule has 0 atom stereocenters. The number of carbonyl (C=O) groups is 1. The molecule has 0 bridgehead atoms. The molecule has 6 nitrogen and oxygen atoms in total. The fourth-order valence-corrected chi connectivity index (χ4v) is 0.943. The first-order chi connectivity index (χ1) is 6.68. The smallest absolute Gasteiger partial charge is 0.220 e. The Hall–Kier alpha value is -1.46. The predicted octanol–water partition coefficient (Wildman–Crippen LogP) is 0.252. The highest BCUT2D eigenvalue weighted by Crippen LogP contribution is 2.02. The molecule has 78 valence electrons. The molecule has 1 amide bonds. The van der Waals surface area contributed by atoms with Gasteiger partial charge in [0.05, 0.1) is 6.54 Å². The number of rotatable bonds is 5. The standard InChI is InChI=1S/C8H15N5O/c1-6(2)3-4-8(14)9-5-7-10-12-13-11-7/h6H,3-5H2,1-2H3,(H,9,14)(H,10,11,12,13). The molecular weight excluding hydrogens is 182 g/mol. The van der Waals surface area contributed by atoms with E-state index >= 15 is 0 Å². The Bertz CT molecular complexity index is 269. The van der Waals surface area contributed by atoms with Gasteiger partial charge in [-0.2, -0.15) is 5.21 Å². The van der Waals surface area contributed by atoms with Crippen molar-refractivity contribution in [1.82, 2.24) is 25.9 Å². The van der Waals surface area contributed by atoms with E-state index < -0.39 is 0 Å². The average Bonchev–Trinajstić information content (AvgIpc) is 2.63. The summed E-state index contributed by atoms with van der Waals surface area (Å²) < 4.78 is 0. The Kier molecular flexibility index (Phi) is 4.03. The third-order valence-corrected chi connectivity index (χ3v) is 1.78. The molecule has 0 aliphatic rings. The van der Waals surface area contributed by atoms with Crippen LogP contribution in [0.15, 0.2) is 0 Å². The van der Waals surface area contributed by atoms with Gasteiger partial charge in [-0.3, -0.25) is 4.79 Å². The number of hydrogen-bond donors (Lipinski definition) is 2. The topological polar surface area (TPSA) is 83.6 Å². The van der Waals surface area contributed by atoms with Gasteiger partial charge in [-0.1, -0.05) is 19.1 Å². The first-order valence-electron chi connectivity index (χ1n) is 4.67. The van der Waals surface area contributed by atoms with Crippen LogP contribution in [0, 0.1) is 5.92 Å². The van der Waals surface area contributed by atoms with Gasteiger partial charge in [-0.25, -0.2) is 0 Å².